The Morgan fingerprint density at radius 1 is 1.17 bits per heavy atom. The number of hydrogen-bond acceptors (Lipinski definition) is 13. The number of phosphoric ester groups is 1. The quantitative estimate of drug-likeness (QED) is 0.166. The maximum atomic E-state index is 11.9. The molecule has 0 radical (unpaired) electrons. The lowest BCUT2D eigenvalue weighted by atomic mass is 10.1. The highest BCUT2D eigenvalue weighted by molar-refractivity contribution is 7.66. The van der Waals surface area contributed by atoms with E-state index in [2.05, 4.69) is 18.1 Å². The van der Waals surface area contributed by atoms with E-state index in [1.807, 2.05) is 0 Å². The van der Waals surface area contributed by atoms with Crippen molar-refractivity contribution in [3.63, 3.8) is 0 Å². The van der Waals surface area contributed by atoms with Crippen LogP contribution in [0.2, 0.25) is 0 Å². The van der Waals surface area contributed by atoms with Crippen LogP contribution in [0, 0.1) is 0 Å². The number of phosphoric acid groups is 3. The molecule has 1 aliphatic heterocycles. The van der Waals surface area contributed by atoms with Crippen molar-refractivity contribution >= 4 is 29.3 Å². The van der Waals surface area contributed by atoms with Gasteiger partial charge in [-0.1, -0.05) is 0 Å². The molecule has 0 saturated carbocycles. The summed E-state index contributed by atoms with van der Waals surface area (Å²) in [7, 11) is -16.9. The Balaban J connectivity index is 2.14. The van der Waals surface area contributed by atoms with Gasteiger partial charge in [-0.2, -0.15) is 13.6 Å². The molecule has 1 aliphatic rings. The maximum Gasteiger partial charge on any atom is 0.490 e. The van der Waals surface area contributed by atoms with E-state index in [1.165, 1.54) is 0 Å². The molecule has 21 heteroatoms. The van der Waals surface area contributed by atoms with E-state index in [4.69, 9.17) is 30.9 Å². The molecule has 1 saturated heterocycles. The molecule has 0 amide bonds. The van der Waals surface area contributed by atoms with Crippen molar-refractivity contribution in [3.8, 4) is 0 Å². The highest BCUT2D eigenvalue weighted by Crippen LogP contribution is 2.66. The van der Waals surface area contributed by atoms with Crippen molar-refractivity contribution in [2.75, 3.05) is 12.3 Å². The van der Waals surface area contributed by atoms with Crippen LogP contribution >= 0.6 is 23.5 Å². The number of nitrogens with zero attached hydrogens (tertiary/aromatic N) is 2. The lowest BCUT2D eigenvalue weighted by molar-refractivity contribution is -0.123. The van der Waals surface area contributed by atoms with Crippen molar-refractivity contribution in [1.82, 2.24) is 9.55 Å². The number of nitrogens with two attached hydrogens (primary N) is 2. The van der Waals surface area contributed by atoms with Crippen LogP contribution in [-0.4, -0.2) is 63.9 Å². The lowest BCUT2D eigenvalue weighted by Gasteiger charge is -2.27. The minimum absolute atomic E-state index is 0.157. The Bertz CT molecular complexity index is 995. The van der Waals surface area contributed by atoms with E-state index >= 15 is 0 Å². The standard InChI is InChI=1S/C9H17N4O14P3/c10-4-1-2-13(8(16)12-4)7-5(14)6(15)9(11,25-7)3-24-29(20,21)27-30(22,23)26-28(17,18)19/h1-2,5-7,14-15H,3,11H2,(H,20,21)(H,22,23)(H2,10,12,16)(H2,17,18,19)/t5-,6+,7-,9-/m1/s1. The molecular weight excluding hydrogens is 481 g/mol. The van der Waals surface area contributed by atoms with Crippen LogP contribution in [0.25, 0.3) is 0 Å². The summed E-state index contributed by atoms with van der Waals surface area (Å²) in [5, 5.41) is 20.2. The molecule has 1 fully saturated rings. The molecule has 30 heavy (non-hydrogen) atoms. The first-order valence-electron chi connectivity index (χ1n) is 7.41. The van der Waals surface area contributed by atoms with Crippen molar-refractivity contribution in [2.24, 2.45) is 5.73 Å². The van der Waals surface area contributed by atoms with Gasteiger partial charge in [0, 0.05) is 6.20 Å². The molecule has 0 bridgehead atoms. The van der Waals surface area contributed by atoms with Gasteiger partial charge in [0.15, 0.2) is 12.0 Å². The first-order valence-corrected chi connectivity index (χ1v) is 11.9. The summed E-state index contributed by atoms with van der Waals surface area (Å²) in [5.41, 5.74) is 7.55. The summed E-state index contributed by atoms with van der Waals surface area (Å²) in [4.78, 5) is 50.7. The maximum absolute atomic E-state index is 11.9. The van der Waals surface area contributed by atoms with Gasteiger partial charge in [-0.3, -0.25) is 14.8 Å². The molecule has 1 aromatic rings. The molecule has 2 rings (SSSR count). The molecule has 0 aromatic carbocycles. The van der Waals surface area contributed by atoms with Crippen LogP contribution in [-0.2, 0) is 31.6 Å². The van der Waals surface area contributed by atoms with Gasteiger partial charge in [0.05, 0.1) is 0 Å². The van der Waals surface area contributed by atoms with Gasteiger partial charge in [-0.25, -0.2) is 18.5 Å². The Labute approximate surface area is 166 Å². The number of aromatic nitrogens is 2. The third-order valence-electron chi connectivity index (χ3n) is 3.45. The third-order valence-corrected chi connectivity index (χ3v) is 7.23. The highest BCUT2D eigenvalue weighted by Gasteiger charge is 2.54. The zero-order valence-corrected chi connectivity index (χ0v) is 17.1. The fourth-order valence-corrected chi connectivity index (χ4v) is 5.31. The number of rotatable bonds is 8. The summed E-state index contributed by atoms with van der Waals surface area (Å²) in [5.74, 6) is -0.157. The molecule has 172 valence electrons. The SMILES string of the molecule is Nc1ccn([C@@H]2O[C@](N)(COP(=O)(O)OP(=O)(O)OP(=O)(O)O)[C@@H](O)[C@H]2O)c(=O)n1. The van der Waals surface area contributed by atoms with Crippen LogP contribution in [0.1, 0.15) is 6.23 Å². The van der Waals surface area contributed by atoms with E-state index in [0.717, 1.165) is 12.3 Å². The summed E-state index contributed by atoms with van der Waals surface area (Å²) >= 11 is 0. The predicted molar refractivity (Wildman–Crippen MR) is 91.8 cm³/mol. The van der Waals surface area contributed by atoms with Gasteiger partial charge in [0.1, 0.15) is 24.6 Å². The Kier molecular flexibility index (Phi) is 7.10. The molecule has 0 aliphatic carbocycles. The van der Waals surface area contributed by atoms with Gasteiger partial charge in [0.25, 0.3) is 0 Å². The van der Waals surface area contributed by atoms with Gasteiger partial charge < -0.3 is 40.3 Å². The fourth-order valence-electron chi connectivity index (χ4n) is 2.26. The number of nitrogen functional groups attached to an aromatic ring is 1. The first kappa shape index (κ1) is 25.2. The van der Waals surface area contributed by atoms with Crippen molar-refractivity contribution in [2.45, 2.75) is 24.2 Å². The molecule has 1 aromatic heterocycles. The van der Waals surface area contributed by atoms with Crippen LogP contribution < -0.4 is 17.2 Å². The van der Waals surface area contributed by atoms with Crippen LogP contribution in [0.5, 0.6) is 0 Å². The van der Waals surface area contributed by atoms with Crippen LogP contribution in [0.15, 0.2) is 17.1 Å². The molecule has 6 atom stereocenters. The second-order valence-electron chi connectivity index (χ2n) is 5.81. The molecule has 0 spiro atoms. The molecule has 10 N–H and O–H groups in total. The molecular formula is C9H17N4O14P3. The van der Waals surface area contributed by atoms with E-state index in [9.17, 15) is 33.6 Å². The van der Waals surface area contributed by atoms with Crippen LogP contribution in [0.4, 0.5) is 5.82 Å². The second kappa shape index (κ2) is 8.46. The van der Waals surface area contributed by atoms with Crippen LogP contribution in [0.3, 0.4) is 0 Å². The molecule has 2 heterocycles. The van der Waals surface area contributed by atoms with E-state index in [0.29, 0.717) is 4.57 Å². The number of hydrogen-bond donors (Lipinski definition) is 8. The highest BCUT2D eigenvalue weighted by atomic mass is 31.3. The molecule has 2 unspecified atom stereocenters. The Morgan fingerprint density at radius 2 is 1.77 bits per heavy atom. The van der Waals surface area contributed by atoms with E-state index in [-0.39, 0.29) is 5.82 Å². The zero-order chi connectivity index (χ0) is 23.1. The summed E-state index contributed by atoms with van der Waals surface area (Å²) in [6.07, 6.45) is -4.49. The monoisotopic (exact) mass is 498 g/mol. The smallest absolute Gasteiger partial charge is 0.386 e. The average molecular weight is 498 g/mol. The van der Waals surface area contributed by atoms with E-state index in [1.54, 1.807) is 0 Å². The third kappa shape index (κ3) is 6.23. The summed E-state index contributed by atoms with van der Waals surface area (Å²) < 4.78 is 50.8. The average Bonchev–Trinajstić information content (AvgIpc) is 2.75. The topological polar surface area (TPSA) is 296 Å². The fraction of sp³-hybridized carbons (Fsp3) is 0.556. The van der Waals surface area contributed by atoms with Crippen molar-refractivity contribution in [3.05, 3.63) is 22.7 Å². The van der Waals surface area contributed by atoms with Crippen molar-refractivity contribution < 1.29 is 61.4 Å². The predicted octanol–water partition coefficient (Wildman–Crippen LogP) is -2.93. The molecule has 18 nitrogen and oxygen atoms in total. The number of anilines is 1. The van der Waals surface area contributed by atoms with Crippen molar-refractivity contribution in [1.29, 1.82) is 0 Å². The van der Waals surface area contributed by atoms with Gasteiger partial charge in [-0.15, -0.1) is 0 Å². The number of ether oxygens (including phenoxy) is 1. The van der Waals surface area contributed by atoms with Gasteiger partial charge >= 0.3 is 29.2 Å². The first-order chi connectivity index (χ1) is 13.4. The lowest BCUT2D eigenvalue weighted by Crippen LogP contribution is -2.54. The number of aliphatic hydroxyl groups is 2. The summed E-state index contributed by atoms with van der Waals surface area (Å²) in [6.45, 7) is -1.28. The van der Waals surface area contributed by atoms with Gasteiger partial charge in [-0.05, 0) is 6.07 Å². The largest absolute Gasteiger partial charge is 0.490 e. The Hall–Kier alpha value is -1.07. The minimum Gasteiger partial charge on any atom is -0.386 e. The second-order valence-corrected chi connectivity index (χ2v) is 10.2. The summed E-state index contributed by atoms with van der Waals surface area (Å²) in [6, 6.07) is 1.16. The van der Waals surface area contributed by atoms with E-state index < -0.39 is 59.9 Å². The minimum atomic E-state index is -5.78. The normalized spacial score (nSPS) is 31.2. The zero-order valence-electron chi connectivity index (χ0n) is 14.4. The van der Waals surface area contributed by atoms with Gasteiger partial charge in [0.2, 0.25) is 0 Å². The number of aliphatic hydroxyl groups excluding tert-OH is 2. The Morgan fingerprint density at radius 3 is 2.30 bits per heavy atom.